The van der Waals surface area contributed by atoms with Gasteiger partial charge in [-0.3, -0.25) is 9.69 Å². The SMILES string of the molecule is CC1CN(C(=O)CCCOc2ccccc2)CC(C)N1CCc1ccccc1. The number of carbonyl (C=O) groups is 1. The molecule has 4 nitrogen and oxygen atoms in total. The van der Waals surface area contributed by atoms with E-state index in [1.54, 1.807) is 0 Å². The Morgan fingerprint density at radius 3 is 2.21 bits per heavy atom. The van der Waals surface area contributed by atoms with Crippen LogP contribution in [0, 0.1) is 0 Å². The molecule has 0 aromatic heterocycles. The number of ether oxygens (including phenoxy) is 1. The van der Waals surface area contributed by atoms with Crippen LogP contribution >= 0.6 is 0 Å². The molecular formula is C24H32N2O2. The average Bonchev–Trinajstić information content (AvgIpc) is 2.72. The van der Waals surface area contributed by atoms with Gasteiger partial charge in [-0.1, -0.05) is 48.5 Å². The average molecular weight is 381 g/mol. The van der Waals surface area contributed by atoms with E-state index in [2.05, 4.69) is 49.1 Å². The first kappa shape index (κ1) is 20.4. The molecule has 2 atom stereocenters. The number of amides is 1. The molecule has 1 heterocycles. The number of piperazine rings is 1. The summed E-state index contributed by atoms with van der Waals surface area (Å²) in [6.07, 6.45) is 2.36. The summed E-state index contributed by atoms with van der Waals surface area (Å²) in [5.41, 5.74) is 1.37. The fourth-order valence-electron chi connectivity index (χ4n) is 3.99. The van der Waals surface area contributed by atoms with Crippen LogP contribution in [0.4, 0.5) is 0 Å². The van der Waals surface area contributed by atoms with Gasteiger partial charge in [0.25, 0.3) is 0 Å². The van der Waals surface area contributed by atoms with E-state index in [1.165, 1.54) is 5.56 Å². The van der Waals surface area contributed by atoms with Crippen molar-refractivity contribution in [3.05, 3.63) is 66.2 Å². The van der Waals surface area contributed by atoms with Crippen molar-refractivity contribution in [2.45, 2.75) is 45.2 Å². The van der Waals surface area contributed by atoms with Crippen molar-refractivity contribution in [1.29, 1.82) is 0 Å². The van der Waals surface area contributed by atoms with Crippen molar-refractivity contribution in [2.75, 3.05) is 26.2 Å². The fraction of sp³-hybridized carbons (Fsp3) is 0.458. The van der Waals surface area contributed by atoms with Crippen LogP contribution in [0.2, 0.25) is 0 Å². The van der Waals surface area contributed by atoms with Gasteiger partial charge < -0.3 is 9.64 Å². The number of rotatable bonds is 8. The summed E-state index contributed by atoms with van der Waals surface area (Å²) in [4.78, 5) is 17.2. The Balaban J connectivity index is 1.40. The highest BCUT2D eigenvalue weighted by molar-refractivity contribution is 5.76. The summed E-state index contributed by atoms with van der Waals surface area (Å²) in [6.45, 7) is 7.73. The Kier molecular flexibility index (Phi) is 7.49. The van der Waals surface area contributed by atoms with Crippen LogP contribution in [-0.4, -0.2) is 54.0 Å². The van der Waals surface area contributed by atoms with Gasteiger partial charge in [-0.15, -0.1) is 0 Å². The molecule has 1 amide bonds. The monoisotopic (exact) mass is 380 g/mol. The lowest BCUT2D eigenvalue weighted by molar-refractivity contribution is -0.135. The first-order valence-corrected chi connectivity index (χ1v) is 10.4. The molecule has 0 spiro atoms. The molecular weight excluding hydrogens is 348 g/mol. The summed E-state index contributed by atoms with van der Waals surface area (Å²) in [5, 5.41) is 0. The van der Waals surface area contributed by atoms with Crippen molar-refractivity contribution >= 4 is 5.91 Å². The van der Waals surface area contributed by atoms with Gasteiger partial charge in [0.1, 0.15) is 5.75 Å². The number of carbonyl (C=O) groups excluding carboxylic acids is 1. The highest BCUT2D eigenvalue weighted by Crippen LogP contribution is 2.18. The largest absolute Gasteiger partial charge is 0.494 e. The standard InChI is InChI=1S/C24H32N2O2/c1-20-18-25(24(27)14-9-17-28-23-12-7-4-8-13-23)19-21(2)26(20)16-15-22-10-5-3-6-11-22/h3-8,10-13,20-21H,9,14-19H2,1-2H3. The Labute approximate surface area is 169 Å². The Bertz CT molecular complexity index is 708. The Morgan fingerprint density at radius 1 is 0.964 bits per heavy atom. The molecule has 2 aromatic carbocycles. The molecule has 150 valence electrons. The molecule has 0 saturated carbocycles. The minimum atomic E-state index is 0.248. The number of nitrogens with zero attached hydrogens (tertiary/aromatic N) is 2. The Morgan fingerprint density at radius 2 is 1.57 bits per heavy atom. The lowest BCUT2D eigenvalue weighted by atomic mass is 10.0. The minimum absolute atomic E-state index is 0.248. The van der Waals surface area contributed by atoms with Gasteiger partial charge in [0.05, 0.1) is 6.61 Å². The third-order valence-electron chi connectivity index (χ3n) is 5.50. The Hall–Kier alpha value is -2.33. The third-order valence-corrected chi connectivity index (χ3v) is 5.50. The van der Waals surface area contributed by atoms with Crippen LogP contribution in [0.1, 0.15) is 32.3 Å². The summed E-state index contributed by atoms with van der Waals surface area (Å²) in [5.74, 6) is 1.11. The predicted molar refractivity (Wildman–Crippen MR) is 114 cm³/mol. The summed E-state index contributed by atoms with van der Waals surface area (Å²) >= 11 is 0. The molecule has 1 aliphatic heterocycles. The second kappa shape index (κ2) is 10.3. The van der Waals surface area contributed by atoms with Gasteiger partial charge in [-0.2, -0.15) is 0 Å². The maximum absolute atomic E-state index is 12.6. The molecule has 0 radical (unpaired) electrons. The maximum atomic E-state index is 12.6. The van der Waals surface area contributed by atoms with Crippen LogP contribution in [0.15, 0.2) is 60.7 Å². The highest BCUT2D eigenvalue weighted by Gasteiger charge is 2.31. The lowest BCUT2D eigenvalue weighted by Crippen LogP contribution is -2.58. The second-order valence-corrected chi connectivity index (χ2v) is 7.74. The van der Waals surface area contributed by atoms with Crippen LogP contribution in [0.3, 0.4) is 0 Å². The first-order valence-electron chi connectivity index (χ1n) is 10.4. The predicted octanol–water partition coefficient (Wildman–Crippen LogP) is 4.01. The number of hydrogen-bond donors (Lipinski definition) is 0. The molecule has 0 aliphatic carbocycles. The summed E-state index contributed by atoms with van der Waals surface area (Å²) in [6, 6.07) is 21.2. The van der Waals surface area contributed by atoms with E-state index in [4.69, 9.17) is 4.74 Å². The molecule has 2 aromatic rings. The number of benzene rings is 2. The number of para-hydroxylation sites is 1. The van der Waals surface area contributed by atoms with Gasteiger partial charge in [-0.25, -0.2) is 0 Å². The zero-order chi connectivity index (χ0) is 19.8. The zero-order valence-electron chi connectivity index (χ0n) is 17.1. The second-order valence-electron chi connectivity index (χ2n) is 7.74. The molecule has 1 saturated heterocycles. The van der Waals surface area contributed by atoms with Crippen LogP contribution in [0.25, 0.3) is 0 Å². The topological polar surface area (TPSA) is 32.8 Å². The van der Waals surface area contributed by atoms with E-state index >= 15 is 0 Å². The zero-order valence-corrected chi connectivity index (χ0v) is 17.1. The normalized spacial score (nSPS) is 20.1. The van der Waals surface area contributed by atoms with Gasteiger partial charge in [-0.05, 0) is 44.4 Å². The van der Waals surface area contributed by atoms with Crippen LogP contribution < -0.4 is 4.74 Å². The smallest absolute Gasteiger partial charge is 0.222 e. The summed E-state index contributed by atoms with van der Waals surface area (Å²) in [7, 11) is 0. The van der Waals surface area contributed by atoms with E-state index in [9.17, 15) is 4.79 Å². The van der Waals surface area contributed by atoms with Crippen molar-refractivity contribution < 1.29 is 9.53 Å². The highest BCUT2D eigenvalue weighted by atomic mass is 16.5. The van der Waals surface area contributed by atoms with Gasteiger partial charge in [0.15, 0.2) is 0 Å². The summed E-state index contributed by atoms with van der Waals surface area (Å²) < 4.78 is 5.70. The molecule has 1 aliphatic rings. The lowest BCUT2D eigenvalue weighted by Gasteiger charge is -2.44. The van der Waals surface area contributed by atoms with E-state index in [-0.39, 0.29) is 5.91 Å². The quantitative estimate of drug-likeness (QED) is 0.649. The number of hydrogen-bond acceptors (Lipinski definition) is 3. The van der Waals surface area contributed by atoms with E-state index < -0.39 is 0 Å². The van der Waals surface area contributed by atoms with Crippen LogP contribution in [0.5, 0.6) is 5.75 Å². The van der Waals surface area contributed by atoms with Crippen molar-refractivity contribution in [3.8, 4) is 5.75 Å². The van der Waals surface area contributed by atoms with Gasteiger partial charge in [0, 0.05) is 38.1 Å². The van der Waals surface area contributed by atoms with Crippen molar-refractivity contribution in [3.63, 3.8) is 0 Å². The molecule has 0 bridgehead atoms. The first-order chi connectivity index (χ1) is 13.6. The third kappa shape index (κ3) is 5.83. The molecule has 2 unspecified atom stereocenters. The van der Waals surface area contributed by atoms with E-state index in [0.29, 0.717) is 25.1 Å². The van der Waals surface area contributed by atoms with Gasteiger partial charge in [0.2, 0.25) is 5.91 Å². The maximum Gasteiger partial charge on any atom is 0.222 e. The van der Waals surface area contributed by atoms with Gasteiger partial charge >= 0.3 is 0 Å². The molecule has 1 fully saturated rings. The molecule has 3 rings (SSSR count). The molecule has 28 heavy (non-hydrogen) atoms. The minimum Gasteiger partial charge on any atom is -0.494 e. The van der Waals surface area contributed by atoms with E-state index in [1.807, 2.05) is 35.2 Å². The molecule has 4 heteroatoms. The van der Waals surface area contributed by atoms with Crippen LogP contribution in [-0.2, 0) is 11.2 Å². The fourth-order valence-corrected chi connectivity index (χ4v) is 3.99. The van der Waals surface area contributed by atoms with Crippen molar-refractivity contribution in [2.24, 2.45) is 0 Å². The molecule has 0 N–H and O–H groups in total. The van der Waals surface area contributed by atoms with E-state index in [0.717, 1.165) is 38.2 Å². The van der Waals surface area contributed by atoms with Crippen molar-refractivity contribution in [1.82, 2.24) is 9.80 Å².